The van der Waals surface area contributed by atoms with Gasteiger partial charge in [0.1, 0.15) is 4.45 Å². The molecule has 2 nitrogen and oxygen atoms in total. The van der Waals surface area contributed by atoms with E-state index in [-0.39, 0.29) is 11.3 Å². The highest BCUT2D eigenvalue weighted by molar-refractivity contribution is 9.10. The quantitative estimate of drug-likeness (QED) is 0.392. The Labute approximate surface area is 145 Å². The van der Waals surface area contributed by atoms with Crippen LogP contribution in [-0.2, 0) is 10.8 Å². The molecule has 0 amide bonds. The van der Waals surface area contributed by atoms with Gasteiger partial charge in [-0.05, 0) is 26.0 Å². The van der Waals surface area contributed by atoms with Crippen molar-refractivity contribution < 1.29 is 34.9 Å². The number of allylic oxidation sites excluding steroid dienone is 3. The van der Waals surface area contributed by atoms with Crippen molar-refractivity contribution in [1.82, 2.24) is 5.32 Å². The van der Waals surface area contributed by atoms with Gasteiger partial charge < -0.3 is 5.32 Å². The number of nitrogens with one attached hydrogen (secondary N) is 1. The smallest absolute Gasteiger partial charge is 0.366 e. The molecule has 0 fully saturated rings. The molecule has 11 heteroatoms. The van der Waals surface area contributed by atoms with Gasteiger partial charge >= 0.3 is 18.0 Å². The van der Waals surface area contributed by atoms with Crippen molar-refractivity contribution in [2.75, 3.05) is 5.75 Å². The summed E-state index contributed by atoms with van der Waals surface area (Å²) in [5.41, 5.74) is -7.29. The normalized spacial score (nSPS) is 25.5. The van der Waals surface area contributed by atoms with Crippen LogP contribution >= 0.6 is 15.9 Å². The van der Waals surface area contributed by atoms with Gasteiger partial charge in [-0.2, -0.15) is 26.3 Å². The van der Waals surface area contributed by atoms with E-state index in [4.69, 9.17) is 0 Å². The standard InChI is InChI=1S/C13H15BrF7NOS/c1-4-24(23)8(3)10(14)6-7(2)5-9(22-10)11(15,12(16,17)18)13(19,20)21/h5-6,8,22H,4H2,1-3H3. The Morgan fingerprint density at radius 2 is 1.67 bits per heavy atom. The van der Waals surface area contributed by atoms with Crippen LogP contribution in [0.1, 0.15) is 20.8 Å². The molecule has 0 radical (unpaired) electrons. The first-order valence-electron chi connectivity index (χ1n) is 6.68. The zero-order valence-electron chi connectivity index (χ0n) is 12.8. The highest BCUT2D eigenvalue weighted by atomic mass is 79.9. The molecule has 1 aliphatic heterocycles. The summed E-state index contributed by atoms with van der Waals surface area (Å²) in [5, 5.41) is 0.998. The maximum Gasteiger partial charge on any atom is 0.437 e. The van der Waals surface area contributed by atoms with Crippen LogP contribution in [0.2, 0.25) is 0 Å². The predicted molar refractivity (Wildman–Crippen MR) is 80.7 cm³/mol. The molecule has 1 aliphatic rings. The van der Waals surface area contributed by atoms with Gasteiger partial charge in [0, 0.05) is 16.6 Å². The molecule has 1 rings (SSSR count). The minimum atomic E-state index is -6.22. The molecule has 0 bridgehead atoms. The lowest BCUT2D eigenvalue weighted by Crippen LogP contribution is -2.62. The van der Waals surface area contributed by atoms with E-state index in [0.29, 0.717) is 6.08 Å². The van der Waals surface area contributed by atoms with E-state index in [0.717, 1.165) is 0 Å². The molecule has 0 saturated carbocycles. The highest BCUT2D eigenvalue weighted by Crippen LogP contribution is 2.51. The van der Waals surface area contributed by atoms with E-state index >= 15 is 0 Å². The van der Waals surface area contributed by atoms with E-state index in [1.807, 2.05) is 5.32 Å². The first-order valence-corrected chi connectivity index (χ1v) is 8.86. The lowest BCUT2D eigenvalue weighted by Gasteiger charge is -2.41. The summed E-state index contributed by atoms with van der Waals surface area (Å²) < 4.78 is 102. The molecular weight excluding hydrogens is 431 g/mol. The van der Waals surface area contributed by atoms with Gasteiger partial charge in [-0.15, -0.1) is 0 Å². The van der Waals surface area contributed by atoms with Gasteiger partial charge in [-0.25, -0.2) is 4.39 Å². The maximum atomic E-state index is 14.2. The van der Waals surface area contributed by atoms with Crippen molar-refractivity contribution in [3.05, 3.63) is 23.4 Å². The molecule has 0 aromatic heterocycles. The van der Waals surface area contributed by atoms with Crippen LogP contribution in [0.5, 0.6) is 0 Å². The van der Waals surface area contributed by atoms with Gasteiger partial charge in [-0.3, -0.25) is 4.21 Å². The molecule has 0 aliphatic carbocycles. The van der Waals surface area contributed by atoms with Crippen LogP contribution in [0, 0.1) is 0 Å². The Balaban J connectivity index is 3.46. The average molecular weight is 446 g/mol. The second kappa shape index (κ2) is 6.62. The Kier molecular flexibility index (Phi) is 5.92. The molecule has 1 heterocycles. The van der Waals surface area contributed by atoms with Crippen molar-refractivity contribution in [2.45, 2.75) is 48.5 Å². The van der Waals surface area contributed by atoms with Gasteiger partial charge in [0.05, 0.1) is 10.9 Å². The number of hydrogen-bond acceptors (Lipinski definition) is 2. The topological polar surface area (TPSA) is 29.1 Å². The fourth-order valence-electron chi connectivity index (χ4n) is 2.19. The first kappa shape index (κ1) is 21.5. The Morgan fingerprint density at radius 1 is 1.21 bits per heavy atom. The van der Waals surface area contributed by atoms with Gasteiger partial charge in [0.2, 0.25) is 0 Å². The van der Waals surface area contributed by atoms with Gasteiger partial charge in [0.25, 0.3) is 0 Å². The minimum absolute atomic E-state index is 0.0314. The molecule has 140 valence electrons. The summed E-state index contributed by atoms with van der Waals surface area (Å²) in [6.07, 6.45) is -10.7. The monoisotopic (exact) mass is 445 g/mol. The zero-order valence-corrected chi connectivity index (χ0v) is 15.2. The predicted octanol–water partition coefficient (Wildman–Crippen LogP) is 4.50. The van der Waals surface area contributed by atoms with Crippen LogP contribution in [0.4, 0.5) is 30.7 Å². The molecule has 0 spiro atoms. The number of alkyl halides is 8. The largest absolute Gasteiger partial charge is 0.437 e. The number of hydrogen-bond donors (Lipinski definition) is 1. The van der Waals surface area contributed by atoms with Crippen LogP contribution in [0.3, 0.4) is 0 Å². The maximum absolute atomic E-state index is 14.2. The van der Waals surface area contributed by atoms with Gasteiger partial charge in [-0.1, -0.05) is 28.4 Å². The molecule has 3 atom stereocenters. The summed E-state index contributed by atoms with van der Waals surface area (Å²) in [5.74, 6) is 0.126. The molecular formula is C13H15BrF7NOS. The number of halogens is 8. The molecule has 3 unspecified atom stereocenters. The van der Waals surface area contributed by atoms with Crippen molar-refractivity contribution in [3.63, 3.8) is 0 Å². The zero-order chi connectivity index (χ0) is 19.1. The molecule has 0 aromatic carbocycles. The van der Waals surface area contributed by atoms with Crippen molar-refractivity contribution in [3.8, 4) is 0 Å². The van der Waals surface area contributed by atoms with E-state index < -0.39 is 44.2 Å². The minimum Gasteiger partial charge on any atom is -0.366 e. The van der Waals surface area contributed by atoms with Crippen molar-refractivity contribution in [2.24, 2.45) is 0 Å². The fraction of sp³-hybridized carbons (Fsp3) is 0.692. The van der Waals surface area contributed by atoms with Crippen LogP contribution in [0.15, 0.2) is 23.4 Å². The number of dihydropyridines is 1. The summed E-state index contributed by atoms with van der Waals surface area (Å²) in [4.78, 5) is 0. The van der Waals surface area contributed by atoms with Crippen LogP contribution in [0.25, 0.3) is 0 Å². The third kappa shape index (κ3) is 3.66. The average Bonchev–Trinajstić information content (AvgIpc) is 2.41. The van der Waals surface area contributed by atoms with Gasteiger partial charge in [0.15, 0.2) is 0 Å². The fourth-order valence-corrected chi connectivity index (χ4v) is 4.40. The SMILES string of the molecule is CCS(=O)C(C)C1(Br)C=C(C)C=C(C(F)(C(F)(F)F)C(F)(F)F)N1. The Morgan fingerprint density at radius 3 is 2.04 bits per heavy atom. The Bertz CT molecular complexity index is 570. The summed E-state index contributed by atoms with van der Waals surface area (Å²) >= 11 is 2.99. The lowest BCUT2D eigenvalue weighted by molar-refractivity contribution is -0.328. The Hall–Kier alpha value is -0.580. The number of rotatable bonds is 4. The van der Waals surface area contributed by atoms with E-state index in [9.17, 15) is 34.9 Å². The van der Waals surface area contributed by atoms with Crippen LogP contribution < -0.4 is 5.32 Å². The second-order valence-corrected chi connectivity index (χ2v) is 8.66. The van der Waals surface area contributed by atoms with Crippen molar-refractivity contribution in [1.29, 1.82) is 0 Å². The summed E-state index contributed by atoms with van der Waals surface area (Å²) in [7, 11) is -1.57. The molecule has 0 saturated heterocycles. The lowest BCUT2D eigenvalue weighted by atomic mass is 9.93. The molecule has 1 N–H and O–H groups in total. The second-order valence-electron chi connectivity index (χ2n) is 5.31. The summed E-state index contributed by atoms with van der Waals surface area (Å²) in [6.45, 7) is 4.14. The highest BCUT2D eigenvalue weighted by Gasteiger charge is 2.75. The third-order valence-electron chi connectivity index (χ3n) is 3.56. The molecule has 0 aromatic rings. The van der Waals surface area contributed by atoms with E-state index in [1.165, 1.54) is 19.9 Å². The van der Waals surface area contributed by atoms with E-state index in [1.54, 1.807) is 6.92 Å². The van der Waals surface area contributed by atoms with E-state index in [2.05, 4.69) is 15.9 Å². The van der Waals surface area contributed by atoms with Crippen LogP contribution in [-0.4, -0.2) is 37.7 Å². The first-order chi connectivity index (χ1) is 10.6. The summed E-state index contributed by atoms with van der Waals surface area (Å²) in [6, 6.07) is 0. The molecule has 24 heavy (non-hydrogen) atoms. The third-order valence-corrected chi connectivity index (χ3v) is 6.71. The van der Waals surface area contributed by atoms with Crippen molar-refractivity contribution >= 4 is 26.7 Å².